The Morgan fingerprint density at radius 1 is 0.931 bits per heavy atom. The number of aryl methyl sites for hydroxylation is 1. The first-order valence-electron chi connectivity index (χ1n) is 9.43. The van der Waals surface area contributed by atoms with Gasteiger partial charge >= 0.3 is 0 Å². The molecule has 5 rings (SSSR count). The maximum atomic E-state index is 5.48. The summed E-state index contributed by atoms with van der Waals surface area (Å²) < 4.78 is 7.61. The number of para-hydroxylation sites is 2. The lowest BCUT2D eigenvalue weighted by Crippen LogP contribution is -1.96. The van der Waals surface area contributed by atoms with Crippen LogP contribution in [0.2, 0.25) is 0 Å². The van der Waals surface area contributed by atoms with E-state index in [0.717, 1.165) is 39.3 Å². The smallest absolute Gasteiger partial charge is 0.142 e. The first kappa shape index (κ1) is 17.3. The number of hydrogen-bond acceptors (Lipinski definition) is 4. The Balaban J connectivity index is 1.68. The fraction of sp³-hybridized carbons (Fsp3) is 0.0833. The van der Waals surface area contributed by atoms with E-state index in [-0.39, 0.29) is 0 Å². The molecular formula is C24H20N4O. The Hall–Kier alpha value is -3.86. The molecular weight excluding hydrogens is 360 g/mol. The van der Waals surface area contributed by atoms with Crippen molar-refractivity contribution in [2.45, 2.75) is 0 Å². The Kier molecular flexibility index (Phi) is 4.13. The van der Waals surface area contributed by atoms with Gasteiger partial charge < -0.3 is 14.6 Å². The highest BCUT2D eigenvalue weighted by molar-refractivity contribution is 5.97. The van der Waals surface area contributed by atoms with Gasteiger partial charge in [-0.2, -0.15) is 0 Å². The van der Waals surface area contributed by atoms with Crippen molar-refractivity contribution >= 4 is 33.3 Å². The van der Waals surface area contributed by atoms with Gasteiger partial charge in [0.2, 0.25) is 0 Å². The minimum absolute atomic E-state index is 0.790. The number of methoxy groups -OCH3 is 1. The minimum Gasteiger partial charge on any atom is -0.495 e. The van der Waals surface area contributed by atoms with Gasteiger partial charge in [-0.3, -0.25) is 9.97 Å². The summed E-state index contributed by atoms with van der Waals surface area (Å²) in [7, 11) is 3.73. The summed E-state index contributed by atoms with van der Waals surface area (Å²) in [4.78, 5) is 9.15. The summed E-state index contributed by atoms with van der Waals surface area (Å²) in [5, 5.41) is 4.69. The molecule has 29 heavy (non-hydrogen) atoms. The molecule has 5 heteroatoms. The minimum atomic E-state index is 0.790. The van der Waals surface area contributed by atoms with Gasteiger partial charge in [0.05, 0.1) is 23.8 Å². The van der Waals surface area contributed by atoms with Crippen LogP contribution in [0.25, 0.3) is 33.1 Å². The van der Waals surface area contributed by atoms with E-state index in [1.165, 1.54) is 10.9 Å². The zero-order valence-electron chi connectivity index (χ0n) is 16.3. The van der Waals surface area contributed by atoms with Crippen molar-refractivity contribution in [3.63, 3.8) is 0 Å². The molecule has 0 aliphatic carbocycles. The predicted octanol–water partition coefficient (Wildman–Crippen LogP) is 5.54. The molecule has 0 bridgehead atoms. The van der Waals surface area contributed by atoms with E-state index in [0.29, 0.717) is 0 Å². The lowest BCUT2D eigenvalue weighted by atomic mass is 10.0. The summed E-state index contributed by atoms with van der Waals surface area (Å²) in [6.45, 7) is 0. The summed E-state index contributed by atoms with van der Waals surface area (Å²) in [5.41, 5.74) is 6.89. The highest BCUT2D eigenvalue weighted by Crippen LogP contribution is 2.34. The van der Waals surface area contributed by atoms with Crippen LogP contribution in [0.1, 0.15) is 0 Å². The third-order valence-electron chi connectivity index (χ3n) is 5.16. The highest BCUT2D eigenvalue weighted by atomic mass is 16.5. The largest absolute Gasteiger partial charge is 0.495 e. The predicted molar refractivity (Wildman–Crippen MR) is 118 cm³/mol. The Morgan fingerprint density at radius 2 is 1.79 bits per heavy atom. The molecule has 0 unspecified atom stereocenters. The van der Waals surface area contributed by atoms with Crippen molar-refractivity contribution in [2.75, 3.05) is 12.4 Å². The molecule has 2 heterocycles. The van der Waals surface area contributed by atoms with Gasteiger partial charge in [-0.05, 0) is 47.3 Å². The third kappa shape index (κ3) is 3.06. The Labute approximate surface area is 168 Å². The molecule has 0 spiro atoms. The molecule has 0 radical (unpaired) electrons. The van der Waals surface area contributed by atoms with E-state index in [1.807, 2.05) is 30.3 Å². The fourth-order valence-corrected chi connectivity index (χ4v) is 3.70. The Morgan fingerprint density at radius 3 is 2.69 bits per heavy atom. The van der Waals surface area contributed by atoms with Crippen LogP contribution >= 0.6 is 0 Å². The van der Waals surface area contributed by atoms with Crippen molar-refractivity contribution in [3.05, 3.63) is 79.3 Å². The van der Waals surface area contributed by atoms with Crippen LogP contribution in [0.15, 0.2) is 79.3 Å². The number of ether oxygens (including phenoxy) is 1. The molecule has 1 N–H and O–H groups in total. The maximum Gasteiger partial charge on any atom is 0.142 e. The number of fused-ring (bicyclic) bond motifs is 2. The van der Waals surface area contributed by atoms with Gasteiger partial charge in [0.1, 0.15) is 5.75 Å². The lowest BCUT2D eigenvalue weighted by molar-refractivity contribution is 0.417. The van der Waals surface area contributed by atoms with E-state index in [4.69, 9.17) is 4.74 Å². The van der Waals surface area contributed by atoms with Gasteiger partial charge in [-0.25, -0.2) is 0 Å². The summed E-state index contributed by atoms with van der Waals surface area (Å²) in [6, 6.07) is 20.6. The summed E-state index contributed by atoms with van der Waals surface area (Å²) in [5.74, 6) is 0.790. The first-order valence-corrected chi connectivity index (χ1v) is 9.43. The van der Waals surface area contributed by atoms with E-state index in [9.17, 15) is 0 Å². The van der Waals surface area contributed by atoms with Crippen LogP contribution in [-0.4, -0.2) is 21.6 Å². The van der Waals surface area contributed by atoms with Crippen molar-refractivity contribution in [2.24, 2.45) is 7.05 Å². The zero-order valence-corrected chi connectivity index (χ0v) is 16.3. The zero-order chi connectivity index (χ0) is 19.8. The normalized spacial score (nSPS) is 11.1. The quantitative estimate of drug-likeness (QED) is 0.445. The summed E-state index contributed by atoms with van der Waals surface area (Å²) >= 11 is 0. The van der Waals surface area contributed by atoms with Crippen LogP contribution in [0.4, 0.5) is 11.4 Å². The van der Waals surface area contributed by atoms with Gasteiger partial charge in [-0.1, -0.05) is 24.3 Å². The molecule has 3 aromatic carbocycles. The monoisotopic (exact) mass is 380 g/mol. The lowest BCUT2D eigenvalue weighted by Gasteiger charge is -2.14. The molecule has 0 atom stereocenters. The number of anilines is 2. The van der Waals surface area contributed by atoms with E-state index in [1.54, 1.807) is 19.5 Å². The number of nitrogens with zero attached hydrogens (tertiary/aromatic N) is 3. The summed E-state index contributed by atoms with van der Waals surface area (Å²) in [6.07, 6.45) is 5.53. The van der Waals surface area contributed by atoms with Crippen LogP contribution < -0.4 is 10.1 Å². The van der Waals surface area contributed by atoms with Gasteiger partial charge in [0.25, 0.3) is 0 Å². The molecule has 5 nitrogen and oxygen atoms in total. The number of aromatic nitrogens is 3. The van der Waals surface area contributed by atoms with Crippen molar-refractivity contribution in [1.82, 2.24) is 14.5 Å². The van der Waals surface area contributed by atoms with Gasteiger partial charge in [0, 0.05) is 42.4 Å². The topological polar surface area (TPSA) is 52.0 Å². The number of nitrogens with one attached hydrogen (secondary N) is 1. The first-order chi connectivity index (χ1) is 14.2. The van der Waals surface area contributed by atoms with E-state index >= 15 is 0 Å². The number of hydrogen-bond donors (Lipinski definition) is 1. The van der Waals surface area contributed by atoms with Crippen LogP contribution in [0.5, 0.6) is 5.75 Å². The van der Waals surface area contributed by atoms with Crippen LogP contribution in [0.3, 0.4) is 0 Å². The molecule has 2 aromatic heterocycles. The van der Waals surface area contributed by atoms with Crippen LogP contribution in [-0.2, 0) is 7.05 Å². The highest BCUT2D eigenvalue weighted by Gasteiger charge is 2.11. The van der Waals surface area contributed by atoms with Gasteiger partial charge in [-0.15, -0.1) is 0 Å². The number of benzene rings is 3. The average Bonchev–Trinajstić information content (AvgIpc) is 3.14. The second-order valence-corrected chi connectivity index (χ2v) is 6.97. The number of rotatable bonds is 4. The fourth-order valence-electron chi connectivity index (χ4n) is 3.70. The molecule has 0 amide bonds. The molecule has 0 aliphatic rings. The molecule has 0 fully saturated rings. The van der Waals surface area contributed by atoms with E-state index < -0.39 is 0 Å². The SMILES string of the molecule is COc1ccccc1Nc1cc(-c2ccc3ccn(C)c3c2)c2nccnc2c1. The van der Waals surface area contributed by atoms with E-state index in [2.05, 4.69) is 63.4 Å². The standard InChI is InChI=1S/C24H20N4O/c1-28-12-9-16-7-8-17(13-22(16)28)19-14-18(15-21-24(19)26-11-10-25-21)27-20-5-3-4-6-23(20)29-2/h3-15,27H,1-2H3. The molecule has 0 saturated heterocycles. The molecule has 5 aromatic rings. The third-order valence-corrected chi connectivity index (χ3v) is 5.16. The van der Waals surface area contributed by atoms with Crippen molar-refractivity contribution in [3.8, 4) is 16.9 Å². The second kappa shape index (κ2) is 6.95. The van der Waals surface area contributed by atoms with Gasteiger partial charge in [0.15, 0.2) is 0 Å². The van der Waals surface area contributed by atoms with Crippen molar-refractivity contribution < 1.29 is 4.74 Å². The molecule has 0 aliphatic heterocycles. The Bertz CT molecular complexity index is 1340. The van der Waals surface area contributed by atoms with Crippen LogP contribution in [0, 0.1) is 0 Å². The van der Waals surface area contributed by atoms with Crippen molar-refractivity contribution in [1.29, 1.82) is 0 Å². The second-order valence-electron chi connectivity index (χ2n) is 6.97. The maximum absolute atomic E-state index is 5.48. The average molecular weight is 380 g/mol. The molecule has 142 valence electrons. The molecule has 0 saturated carbocycles.